The Hall–Kier alpha value is -3.66. The van der Waals surface area contributed by atoms with Gasteiger partial charge in [0.05, 0.1) is 12.6 Å². The summed E-state index contributed by atoms with van der Waals surface area (Å²) in [6.07, 6.45) is 0. The number of alkyl halides is 2. The summed E-state index contributed by atoms with van der Waals surface area (Å²) < 4.78 is 49.4. The number of benzene rings is 2. The summed E-state index contributed by atoms with van der Waals surface area (Å²) in [5.41, 5.74) is 6.91. The molecule has 0 saturated carbocycles. The van der Waals surface area contributed by atoms with Gasteiger partial charge in [-0.1, -0.05) is 6.07 Å². The fourth-order valence-electron chi connectivity index (χ4n) is 4.17. The average Bonchev–Trinajstić information content (AvgIpc) is 3.20. The topological polar surface area (TPSA) is 93.4 Å². The molecule has 10 heteroatoms. The van der Waals surface area contributed by atoms with Crippen LogP contribution in [0.5, 0.6) is 5.75 Å². The van der Waals surface area contributed by atoms with Crippen LogP contribution in [0.25, 0.3) is 22.5 Å². The van der Waals surface area contributed by atoms with Crippen LogP contribution in [0.1, 0.15) is 27.5 Å². The van der Waals surface area contributed by atoms with Gasteiger partial charge in [-0.2, -0.15) is 18.2 Å². The Bertz CT molecular complexity index is 1300. The van der Waals surface area contributed by atoms with Crippen molar-refractivity contribution in [1.82, 2.24) is 20.2 Å². The maximum atomic E-state index is 14.8. The first-order valence-electron chi connectivity index (χ1n) is 10.2. The van der Waals surface area contributed by atoms with E-state index in [0.717, 1.165) is 11.6 Å². The number of ether oxygens (including phenoxy) is 1. The molecule has 2 aliphatic heterocycles. The number of hydrogen-bond acceptors (Lipinski definition) is 6. The molecule has 7 nitrogen and oxygen atoms in total. The van der Waals surface area contributed by atoms with Gasteiger partial charge in [0.2, 0.25) is 5.95 Å². The molecular weight excluding hydrogens is 435 g/mol. The number of fused-ring (bicyclic) bond motifs is 2. The molecule has 3 N–H and O–H groups in total. The van der Waals surface area contributed by atoms with E-state index in [0.29, 0.717) is 17.9 Å². The zero-order chi connectivity index (χ0) is 23.5. The zero-order valence-corrected chi connectivity index (χ0v) is 17.8. The predicted octanol–water partition coefficient (Wildman–Crippen LogP) is 3.36. The monoisotopic (exact) mass is 455 g/mol. The minimum Gasteiger partial charge on any atom is -0.491 e. The van der Waals surface area contributed by atoms with Gasteiger partial charge in [-0.3, -0.25) is 9.69 Å². The van der Waals surface area contributed by atoms with Crippen molar-refractivity contribution < 1.29 is 22.7 Å². The highest BCUT2D eigenvalue weighted by atomic mass is 19.3. The number of nitrogens with two attached hydrogens (primary N) is 1. The smallest absolute Gasteiger partial charge is 0.290 e. The van der Waals surface area contributed by atoms with Crippen LogP contribution in [-0.4, -0.2) is 48.0 Å². The lowest BCUT2D eigenvalue weighted by Gasteiger charge is -2.25. The molecule has 0 radical (unpaired) electrons. The van der Waals surface area contributed by atoms with Gasteiger partial charge in [-0.05, 0) is 44.4 Å². The number of rotatable bonds is 3. The van der Waals surface area contributed by atoms with Gasteiger partial charge in [-0.25, -0.2) is 4.98 Å². The summed E-state index contributed by atoms with van der Waals surface area (Å²) in [6, 6.07) is 9.07. The predicted molar refractivity (Wildman–Crippen MR) is 115 cm³/mol. The molecule has 170 valence electrons. The van der Waals surface area contributed by atoms with Gasteiger partial charge < -0.3 is 15.8 Å². The molecule has 2 aromatic carbocycles. The van der Waals surface area contributed by atoms with Gasteiger partial charge in [-0.15, -0.1) is 0 Å². The summed E-state index contributed by atoms with van der Waals surface area (Å²) in [4.78, 5) is 22.1. The standard InChI is InChI=1S/C23H20F3N5O2/c1-31(2)16-9-33-17-6-4-11(7-14(16)17)18-20(24)30-21(27)19(29-18)12-3-5-13-15(8-12)23(25,26)10-28-22(13)32/h3-8,16H,9-10H2,1-2H3,(H2,27,30)(H,28,32). The number of carbonyl (C=O) groups is 1. The van der Waals surface area contributed by atoms with E-state index in [2.05, 4.69) is 15.3 Å². The molecule has 0 saturated heterocycles. The molecular formula is C23H20F3N5O2. The van der Waals surface area contributed by atoms with Crippen LogP contribution in [0, 0.1) is 5.95 Å². The molecule has 5 rings (SSSR count). The van der Waals surface area contributed by atoms with Crippen molar-refractivity contribution in [2.75, 3.05) is 33.0 Å². The third kappa shape index (κ3) is 3.46. The number of aromatic nitrogens is 2. The lowest BCUT2D eigenvalue weighted by molar-refractivity contribution is -0.00833. The maximum Gasteiger partial charge on any atom is 0.290 e. The fraction of sp³-hybridized carbons (Fsp3) is 0.261. The second-order valence-corrected chi connectivity index (χ2v) is 8.29. The molecule has 0 bridgehead atoms. The lowest BCUT2D eigenvalue weighted by atomic mass is 9.94. The molecule has 3 heterocycles. The van der Waals surface area contributed by atoms with Crippen molar-refractivity contribution in [2.45, 2.75) is 12.0 Å². The summed E-state index contributed by atoms with van der Waals surface area (Å²) in [5, 5.41) is 2.16. The van der Waals surface area contributed by atoms with Crippen molar-refractivity contribution in [3.8, 4) is 28.3 Å². The highest BCUT2D eigenvalue weighted by Gasteiger charge is 2.40. The van der Waals surface area contributed by atoms with E-state index in [-0.39, 0.29) is 34.4 Å². The number of carbonyl (C=O) groups excluding carboxylic acids is 1. The van der Waals surface area contributed by atoms with Crippen molar-refractivity contribution in [2.24, 2.45) is 0 Å². The number of nitrogens with one attached hydrogen (secondary N) is 1. The fourth-order valence-corrected chi connectivity index (χ4v) is 4.17. The first-order valence-corrected chi connectivity index (χ1v) is 10.2. The number of likely N-dealkylation sites (N-methyl/N-ethyl adjacent to an activating group) is 1. The number of nitrogens with zero attached hydrogens (tertiary/aromatic N) is 3. The third-order valence-corrected chi connectivity index (χ3v) is 5.95. The Morgan fingerprint density at radius 1 is 1.12 bits per heavy atom. The number of halogens is 3. The Labute approximate surface area is 187 Å². The summed E-state index contributed by atoms with van der Waals surface area (Å²) in [7, 11) is 3.84. The van der Waals surface area contributed by atoms with Gasteiger partial charge in [0.15, 0.2) is 5.82 Å². The Balaban J connectivity index is 1.62. The van der Waals surface area contributed by atoms with Crippen molar-refractivity contribution >= 4 is 11.7 Å². The Morgan fingerprint density at radius 3 is 2.61 bits per heavy atom. The number of nitrogen functional groups attached to an aromatic ring is 1. The SMILES string of the molecule is CN(C)C1COc2ccc(-c3nc(-c4ccc5c(c4)C(F)(F)CNC5=O)c(N)nc3F)cc21. The van der Waals surface area contributed by atoms with Crippen LogP contribution >= 0.6 is 0 Å². The number of amides is 1. The molecule has 1 atom stereocenters. The quantitative estimate of drug-likeness (QED) is 0.629. The van der Waals surface area contributed by atoms with Crippen LogP contribution in [0.15, 0.2) is 36.4 Å². The first-order chi connectivity index (χ1) is 15.7. The van der Waals surface area contributed by atoms with E-state index in [1.165, 1.54) is 12.1 Å². The average molecular weight is 455 g/mol. The Morgan fingerprint density at radius 2 is 1.85 bits per heavy atom. The van der Waals surface area contributed by atoms with Crippen LogP contribution < -0.4 is 15.8 Å². The number of anilines is 1. The molecule has 1 aromatic heterocycles. The second-order valence-electron chi connectivity index (χ2n) is 8.29. The van der Waals surface area contributed by atoms with Gasteiger partial charge >= 0.3 is 0 Å². The largest absolute Gasteiger partial charge is 0.491 e. The molecule has 3 aromatic rings. The van der Waals surface area contributed by atoms with E-state index in [9.17, 15) is 18.0 Å². The van der Waals surface area contributed by atoms with E-state index in [4.69, 9.17) is 10.5 Å². The minimum atomic E-state index is -3.26. The minimum absolute atomic E-state index is 0.00162. The second kappa shape index (κ2) is 7.45. The zero-order valence-electron chi connectivity index (χ0n) is 17.8. The molecule has 33 heavy (non-hydrogen) atoms. The molecule has 2 aliphatic rings. The van der Waals surface area contributed by atoms with E-state index in [1.54, 1.807) is 18.2 Å². The maximum absolute atomic E-state index is 14.8. The third-order valence-electron chi connectivity index (χ3n) is 5.95. The number of hydrogen-bond donors (Lipinski definition) is 2. The van der Waals surface area contributed by atoms with Crippen LogP contribution in [-0.2, 0) is 5.92 Å². The summed E-state index contributed by atoms with van der Waals surface area (Å²) >= 11 is 0. The summed E-state index contributed by atoms with van der Waals surface area (Å²) in [6.45, 7) is -0.327. The lowest BCUT2D eigenvalue weighted by Crippen LogP contribution is -2.41. The van der Waals surface area contributed by atoms with Crippen molar-refractivity contribution in [3.05, 3.63) is 59.0 Å². The van der Waals surface area contributed by atoms with Gasteiger partial charge in [0, 0.05) is 27.8 Å². The van der Waals surface area contributed by atoms with E-state index in [1.807, 2.05) is 19.0 Å². The van der Waals surface area contributed by atoms with Crippen LogP contribution in [0.4, 0.5) is 19.0 Å². The highest BCUT2D eigenvalue weighted by Crippen LogP contribution is 2.40. The van der Waals surface area contributed by atoms with Crippen LogP contribution in [0.3, 0.4) is 0 Å². The van der Waals surface area contributed by atoms with Gasteiger partial charge in [0.1, 0.15) is 23.7 Å². The van der Waals surface area contributed by atoms with Crippen LogP contribution in [0.2, 0.25) is 0 Å². The van der Waals surface area contributed by atoms with Crippen molar-refractivity contribution in [1.29, 1.82) is 0 Å². The van der Waals surface area contributed by atoms with Crippen molar-refractivity contribution in [3.63, 3.8) is 0 Å². The highest BCUT2D eigenvalue weighted by molar-refractivity contribution is 5.98. The molecule has 1 unspecified atom stereocenters. The van der Waals surface area contributed by atoms with E-state index < -0.39 is 29.9 Å². The molecule has 1 amide bonds. The van der Waals surface area contributed by atoms with Gasteiger partial charge in [0.25, 0.3) is 11.8 Å². The summed E-state index contributed by atoms with van der Waals surface area (Å²) in [5.74, 6) is -4.26. The first kappa shape index (κ1) is 21.2. The molecule has 0 aliphatic carbocycles. The normalized spacial score (nSPS) is 18.5. The van der Waals surface area contributed by atoms with E-state index >= 15 is 0 Å². The Kier molecular flexibility index (Phi) is 4.78. The molecule has 0 fully saturated rings. The molecule has 0 spiro atoms.